The second-order valence-corrected chi connectivity index (χ2v) is 6.30. The van der Waals surface area contributed by atoms with Gasteiger partial charge in [-0.3, -0.25) is 0 Å². The molecule has 0 amide bonds. The van der Waals surface area contributed by atoms with Crippen LogP contribution in [0.2, 0.25) is 0 Å². The van der Waals surface area contributed by atoms with Crippen LogP contribution in [0.5, 0.6) is 23.0 Å². The average molecular weight is 356 g/mol. The monoisotopic (exact) mass is 356 g/mol. The zero-order valence-corrected chi connectivity index (χ0v) is 15.5. The van der Waals surface area contributed by atoms with E-state index in [2.05, 4.69) is 17.5 Å². The first-order valence-corrected chi connectivity index (χ1v) is 8.61. The number of hydrogen-bond acceptors (Lipinski definition) is 5. The van der Waals surface area contributed by atoms with Gasteiger partial charge in [0.1, 0.15) is 5.75 Å². The molecule has 0 atom stereocenters. The van der Waals surface area contributed by atoms with Crippen molar-refractivity contribution in [3.05, 3.63) is 46.8 Å². The average Bonchev–Trinajstić information content (AvgIpc) is 3.13. The van der Waals surface area contributed by atoms with E-state index in [-0.39, 0.29) is 0 Å². The van der Waals surface area contributed by atoms with E-state index in [0.29, 0.717) is 17.2 Å². The first kappa shape index (κ1) is 17.2. The molecule has 0 bridgehead atoms. The van der Waals surface area contributed by atoms with Crippen molar-refractivity contribution in [1.82, 2.24) is 0 Å². The van der Waals surface area contributed by atoms with Crippen LogP contribution in [-0.2, 0) is 0 Å². The van der Waals surface area contributed by atoms with E-state index >= 15 is 0 Å². The van der Waals surface area contributed by atoms with Gasteiger partial charge in [-0.15, -0.1) is 11.3 Å². The van der Waals surface area contributed by atoms with Crippen molar-refractivity contribution in [1.29, 1.82) is 0 Å². The minimum atomic E-state index is 0.587. The van der Waals surface area contributed by atoms with Crippen LogP contribution in [-0.4, -0.2) is 28.4 Å². The highest BCUT2D eigenvalue weighted by atomic mass is 32.1. The van der Waals surface area contributed by atoms with Crippen LogP contribution in [0.1, 0.15) is 11.1 Å². The lowest BCUT2D eigenvalue weighted by atomic mass is 10.1. The lowest BCUT2D eigenvalue weighted by Gasteiger charge is -2.12. The van der Waals surface area contributed by atoms with Crippen LogP contribution < -0.4 is 18.9 Å². The molecule has 0 spiro atoms. The first-order chi connectivity index (χ1) is 12.2. The third-order valence-electron chi connectivity index (χ3n) is 3.93. The summed E-state index contributed by atoms with van der Waals surface area (Å²) in [5, 5.41) is 3.21. The van der Waals surface area contributed by atoms with Crippen LogP contribution in [0.4, 0.5) is 0 Å². The van der Waals surface area contributed by atoms with Gasteiger partial charge in [0.2, 0.25) is 5.75 Å². The molecule has 130 valence electrons. The summed E-state index contributed by atoms with van der Waals surface area (Å²) in [5.41, 5.74) is 2.03. The van der Waals surface area contributed by atoms with E-state index in [4.69, 9.17) is 18.9 Å². The second kappa shape index (κ2) is 7.49. The van der Waals surface area contributed by atoms with Gasteiger partial charge >= 0.3 is 0 Å². The highest BCUT2D eigenvalue weighted by molar-refractivity contribution is 7.17. The molecule has 1 aromatic heterocycles. The summed E-state index contributed by atoms with van der Waals surface area (Å²) < 4.78 is 22.8. The number of fused-ring (bicyclic) bond motifs is 1. The molecule has 0 radical (unpaired) electrons. The molecule has 0 aliphatic carbocycles. The molecule has 3 rings (SSSR count). The molecule has 0 unspecified atom stereocenters. The van der Waals surface area contributed by atoms with Crippen molar-refractivity contribution in [2.45, 2.75) is 0 Å². The fraction of sp³-hybridized carbons (Fsp3) is 0.200. The first-order valence-electron chi connectivity index (χ1n) is 7.73. The molecular weight excluding hydrogens is 336 g/mol. The van der Waals surface area contributed by atoms with Crippen LogP contribution >= 0.6 is 11.3 Å². The van der Waals surface area contributed by atoms with Crippen molar-refractivity contribution >= 4 is 33.6 Å². The quantitative estimate of drug-likeness (QED) is 0.575. The van der Waals surface area contributed by atoms with E-state index in [1.165, 1.54) is 4.70 Å². The smallest absolute Gasteiger partial charge is 0.203 e. The highest BCUT2D eigenvalue weighted by Gasteiger charge is 2.12. The van der Waals surface area contributed by atoms with E-state index < -0.39 is 0 Å². The maximum absolute atomic E-state index is 5.50. The van der Waals surface area contributed by atoms with Gasteiger partial charge < -0.3 is 18.9 Å². The molecule has 4 nitrogen and oxygen atoms in total. The van der Waals surface area contributed by atoms with Gasteiger partial charge in [0, 0.05) is 10.1 Å². The van der Waals surface area contributed by atoms with Gasteiger partial charge in [-0.1, -0.05) is 12.2 Å². The van der Waals surface area contributed by atoms with E-state index in [9.17, 15) is 0 Å². The van der Waals surface area contributed by atoms with Crippen LogP contribution in [0, 0.1) is 0 Å². The molecular formula is C20H20O4S. The molecule has 5 heteroatoms. The summed E-state index contributed by atoms with van der Waals surface area (Å²) >= 11 is 1.70. The predicted octanol–water partition coefficient (Wildman–Crippen LogP) is 5.11. The maximum atomic E-state index is 5.50. The van der Waals surface area contributed by atoms with E-state index in [1.807, 2.05) is 30.4 Å². The van der Waals surface area contributed by atoms with Crippen molar-refractivity contribution in [3.8, 4) is 23.0 Å². The predicted molar refractivity (Wildman–Crippen MR) is 103 cm³/mol. The maximum Gasteiger partial charge on any atom is 0.203 e. The molecule has 0 aliphatic heterocycles. The molecule has 1 heterocycles. The molecule has 0 N–H and O–H groups in total. The van der Waals surface area contributed by atoms with Crippen LogP contribution in [0.15, 0.2) is 35.7 Å². The number of ether oxygens (including phenoxy) is 4. The van der Waals surface area contributed by atoms with Crippen LogP contribution in [0.25, 0.3) is 22.2 Å². The summed E-state index contributed by atoms with van der Waals surface area (Å²) in [6.07, 6.45) is 4.06. The molecule has 0 fully saturated rings. The number of rotatable bonds is 6. The fourth-order valence-corrected chi connectivity index (χ4v) is 3.56. The largest absolute Gasteiger partial charge is 0.496 e. The Morgan fingerprint density at radius 2 is 1.28 bits per heavy atom. The molecule has 3 aromatic rings. The minimum absolute atomic E-state index is 0.587. The number of thiophene rings is 1. The van der Waals surface area contributed by atoms with Gasteiger partial charge in [-0.2, -0.15) is 0 Å². The number of hydrogen-bond donors (Lipinski definition) is 0. The molecule has 0 aliphatic rings. The summed E-state index contributed by atoms with van der Waals surface area (Å²) in [6.45, 7) is 0. The summed E-state index contributed by atoms with van der Waals surface area (Å²) in [5.74, 6) is 2.73. The third kappa shape index (κ3) is 3.42. The zero-order valence-electron chi connectivity index (χ0n) is 14.7. The number of benzene rings is 2. The van der Waals surface area contributed by atoms with Crippen molar-refractivity contribution in [2.24, 2.45) is 0 Å². The Hall–Kier alpha value is -2.66. The second-order valence-electron chi connectivity index (χ2n) is 5.35. The topological polar surface area (TPSA) is 36.9 Å². The molecule has 0 saturated heterocycles. The molecule has 25 heavy (non-hydrogen) atoms. The van der Waals surface area contributed by atoms with E-state index in [0.717, 1.165) is 22.3 Å². The Balaban J connectivity index is 1.99. The molecule has 0 saturated carbocycles. The van der Waals surface area contributed by atoms with Crippen LogP contribution in [0.3, 0.4) is 0 Å². The Labute approximate surface area is 151 Å². The minimum Gasteiger partial charge on any atom is -0.496 e. The SMILES string of the molecule is COc1cc(/C=C\c2cc(OC)c3ccsc3c2)cc(OC)c1OC. The normalized spacial score (nSPS) is 11.0. The Bertz CT molecular complexity index is 886. The Kier molecular flexibility index (Phi) is 5.14. The Morgan fingerprint density at radius 1 is 0.720 bits per heavy atom. The summed E-state index contributed by atoms with van der Waals surface area (Å²) in [6, 6.07) is 10.1. The lowest BCUT2D eigenvalue weighted by Crippen LogP contribution is -1.95. The fourth-order valence-electron chi connectivity index (χ4n) is 2.71. The standard InChI is InChI=1S/C20H20O4S/c1-21-16-9-14(12-19-15(16)7-8-25-19)6-5-13-10-17(22-2)20(24-4)18(11-13)23-3/h5-12H,1-4H3/b6-5-. The third-order valence-corrected chi connectivity index (χ3v) is 4.80. The zero-order chi connectivity index (χ0) is 17.8. The van der Waals surface area contributed by atoms with Gasteiger partial charge in [-0.25, -0.2) is 0 Å². The number of methoxy groups -OCH3 is 4. The van der Waals surface area contributed by atoms with Gasteiger partial charge in [-0.05, 0) is 46.8 Å². The van der Waals surface area contributed by atoms with Gasteiger partial charge in [0.05, 0.1) is 28.4 Å². The van der Waals surface area contributed by atoms with Crippen molar-refractivity contribution in [2.75, 3.05) is 28.4 Å². The summed E-state index contributed by atoms with van der Waals surface area (Å²) in [7, 11) is 6.51. The van der Waals surface area contributed by atoms with Gasteiger partial charge in [0.15, 0.2) is 11.5 Å². The van der Waals surface area contributed by atoms with E-state index in [1.54, 1.807) is 39.8 Å². The summed E-state index contributed by atoms with van der Waals surface area (Å²) in [4.78, 5) is 0. The molecule has 2 aromatic carbocycles. The lowest BCUT2D eigenvalue weighted by molar-refractivity contribution is 0.324. The van der Waals surface area contributed by atoms with Crippen molar-refractivity contribution in [3.63, 3.8) is 0 Å². The van der Waals surface area contributed by atoms with Gasteiger partial charge in [0.25, 0.3) is 0 Å². The highest BCUT2D eigenvalue weighted by Crippen LogP contribution is 2.39. The van der Waals surface area contributed by atoms with Crippen molar-refractivity contribution < 1.29 is 18.9 Å². The Morgan fingerprint density at radius 3 is 1.84 bits per heavy atom.